The van der Waals surface area contributed by atoms with E-state index in [9.17, 15) is 4.79 Å². The normalized spacial score (nSPS) is 10.8. The van der Waals surface area contributed by atoms with E-state index in [0.717, 1.165) is 22.2 Å². The van der Waals surface area contributed by atoms with Gasteiger partial charge in [0.2, 0.25) is 0 Å². The highest BCUT2D eigenvalue weighted by Crippen LogP contribution is 2.24. The molecule has 0 saturated heterocycles. The summed E-state index contributed by atoms with van der Waals surface area (Å²) in [5, 5.41) is 8.29. The zero-order chi connectivity index (χ0) is 17.9. The SMILES string of the molecule is COc1ccc(Cn2nc(NC(=O)c3ccco3)c3ccccc32)cc1. The molecule has 0 fully saturated rings. The summed E-state index contributed by atoms with van der Waals surface area (Å²) in [6.45, 7) is 0.584. The van der Waals surface area contributed by atoms with Crippen molar-refractivity contribution in [2.24, 2.45) is 0 Å². The van der Waals surface area contributed by atoms with Crippen molar-refractivity contribution in [3.05, 3.63) is 78.3 Å². The van der Waals surface area contributed by atoms with E-state index in [1.54, 1.807) is 19.2 Å². The van der Waals surface area contributed by atoms with Crippen LogP contribution in [-0.4, -0.2) is 22.8 Å². The number of benzene rings is 2. The van der Waals surface area contributed by atoms with E-state index in [0.29, 0.717) is 12.4 Å². The number of methoxy groups -OCH3 is 1. The molecule has 2 aromatic heterocycles. The number of aromatic nitrogens is 2. The summed E-state index contributed by atoms with van der Waals surface area (Å²) in [5.74, 6) is 1.25. The van der Waals surface area contributed by atoms with E-state index in [-0.39, 0.29) is 11.7 Å². The second kappa shape index (κ2) is 6.76. The smallest absolute Gasteiger partial charge is 0.292 e. The maximum atomic E-state index is 12.3. The number of fused-ring (bicyclic) bond motifs is 1. The molecular weight excluding hydrogens is 330 g/mol. The maximum absolute atomic E-state index is 12.3. The van der Waals surface area contributed by atoms with Gasteiger partial charge in [0, 0.05) is 5.39 Å². The van der Waals surface area contributed by atoms with Crippen LogP contribution in [0, 0.1) is 0 Å². The molecule has 0 unspecified atom stereocenters. The molecule has 0 spiro atoms. The summed E-state index contributed by atoms with van der Waals surface area (Å²) >= 11 is 0. The molecule has 4 aromatic rings. The molecule has 0 atom stereocenters. The van der Waals surface area contributed by atoms with Crippen LogP contribution >= 0.6 is 0 Å². The fourth-order valence-electron chi connectivity index (χ4n) is 2.82. The number of rotatable bonds is 5. The number of nitrogens with one attached hydrogen (secondary N) is 1. The van der Waals surface area contributed by atoms with Crippen molar-refractivity contribution in [1.29, 1.82) is 0 Å². The first-order chi connectivity index (χ1) is 12.7. The molecule has 0 saturated carbocycles. The highest BCUT2D eigenvalue weighted by Gasteiger charge is 2.15. The lowest BCUT2D eigenvalue weighted by Crippen LogP contribution is -2.12. The van der Waals surface area contributed by atoms with E-state index >= 15 is 0 Å². The Morgan fingerprint density at radius 1 is 1.12 bits per heavy atom. The molecule has 2 aromatic carbocycles. The van der Waals surface area contributed by atoms with E-state index in [4.69, 9.17) is 9.15 Å². The van der Waals surface area contributed by atoms with Crippen LogP contribution in [0.25, 0.3) is 10.9 Å². The third-order valence-corrected chi connectivity index (χ3v) is 4.13. The number of hydrogen-bond acceptors (Lipinski definition) is 4. The van der Waals surface area contributed by atoms with Crippen LogP contribution in [0.5, 0.6) is 5.75 Å². The quantitative estimate of drug-likeness (QED) is 0.594. The van der Waals surface area contributed by atoms with E-state index in [1.165, 1.54) is 6.26 Å². The lowest BCUT2D eigenvalue weighted by atomic mass is 10.2. The monoisotopic (exact) mass is 347 g/mol. The number of para-hydroxylation sites is 1. The third kappa shape index (κ3) is 3.04. The molecular formula is C20H17N3O3. The molecule has 0 aliphatic heterocycles. The first kappa shape index (κ1) is 16.0. The molecule has 2 heterocycles. The summed E-state index contributed by atoms with van der Waals surface area (Å²) < 4.78 is 12.2. The number of furan rings is 1. The van der Waals surface area contributed by atoms with Crippen LogP contribution in [0.15, 0.2) is 71.3 Å². The Bertz CT molecular complexity index is 1030. The number of hydrogen-bond donors (Lipinski definition) is 1. The Morgan fingerprint density at radius 2 is 1.92 bits per heavy atom. The topological polar surface area (TPSA) is 69.3 Å². The van der Waals surface area contributed by atoms with Crippen LogP contribution < -0.4 is 10.1 Å². The number of anilines is 1. The van der Waals surface area contributed by atoms with Crippen molar-refractivity contribution in [1.82, 2.24) is 9.78 Å². The van der Waals surface area contributed by atoms with Crippen LogP contribution in [0.3, 0.4) is 0 Å². The van der Waals surface area contributed by atoms with Gasteiger partial charge in [0.15, 0.2) is 11.6 Å². The summed E-state index contributed by atoms with van der Waals surface area (Å²) in [7, 11) is 1.64. The molecule has 1 amide bonds. The minimum atomic E-state index is -0.324. The second-order valence-corrected chi connectivity index (χ2v) is 5.80. The molecule has 26 heavy (non-hydrogen) atoms. The largest absolute Gasteiger partial charge is 0.497 e. The molecule has 0 radical (unpaired) electrons. The van der Waals surface area contributed by atoms with Gasteiger partial charge in [-0.2, -0.15) is 5.10 Å². The van der Waals surface area contributed by atoms with Crippen LogP contribution in [-0.2, 0) is 6.54 Å². The summed E-state index contributed by atoms with van der Waals surface area (Å²) in [6.07, 6.45) is 1.47. The molecule has 4 rings (SSSR count). The molecule has 0 aliphatic carbocycles. The van der Waals surface area contributed by atoms with Gasteiger partial charge in [-0.3, -0.25) is 9.48 Å². The Kier molecular flexibility index (Phi) is 4.15. The first-order valence-corrected chi connectivity index (χ1v) is 8.18. The van der Waals surface area contributed by atoms with Crippen molar-refractivity contribution in [3.8, 4) is 5.75 Å². The molecule has 0 bridgehead atoms. The minimum absolute atomic E-state index is 0.249. The van der Waals surface area contributed by atoms with Crippen LogP contribution in [0.2, 0.25) is 0 Å². The van der Waals surface area contributed by atoms with Gasteiger partial charge >= 0.3 is 0 Å². The van der Waals surface area contributed by atoms with Gasteiger partial charge in [0.25, 0.3) is 5.91 Å². The fraction of sp³-hybridized carbons (Fsp3) is 0.100. The average molecular weight is 347 g/mol. The maximum Gasteiger partial charge on any atom is 0.292 e. The Labute approximate surface area is 150 Å². The van der Waals surface area contributed by atoms with Crippen molar-refractivity contribution in [2.75, 3.05) is 12.4 Å². The summed E-state index contributed by atoms with van der Waals surface area (Å²) in [5.41, 5.74) is 2.03. The molecule has 6 nitrogen and oxygen atoms in total. The molecule has 0 aliphatic rings. The standard InChI is InChI=1S/C20H17N3O3/c1-25-15-10-8-14(9-11-15)13-23-17-6-3-2-5-16(17)19(22-23)21-20(24)18-7-4-12-26-18/h2-12H,13H2,1H3,(H,21,22,24). The molecule has 6 heteroatoms. The number of nitrogens with zero attached hydrogens (tertiary/aromatic N) is 2. The zero-order valence-corrected chi connectivity index (χ0v) is 14.2. The van der Waals surface area contributed by atoms with Crippen LogP contribution in [0.1, 0.15) is 16.1 Å². The Balaban J connectivity index is 1.66. The van der Waals surface area contributed by atoms with Gasteiger partial charge in [0.1, 0.15) is 5.75 Å². The van der Waals surface area contributed by atoms with Crippen LogP contribution in [0.4, 0.5) is 5.82 Å². The molecule has 130 valence electrons. The summed E-state index contributed by atoms with van der Waals surface area (Å²) in [4.78, 5) is 12.3. The number of carbonyl (C=O) groups excluding carboxylic acids is 1. The average Bonchev–Trinajstić information content (AvgIpc) is 3.32. The van der Waals surface area contributed by atoms with Crippen molar-refractivity contribution < 1.29 is 13.9 Å². The summed E-state index contributed by atoms with van der Waals surface area (Å²) in [6, 6.07) is 18.9. The van der Waals surface area contributed by atoms with Crippen molar-refractivity contribution in [3.63, 3.8) is 0 Å². The van der Waals surface area contributed by atoms with E-state index in [2.05, 4.69) is 10.4 Å². The molecule has 1 N–H and O–H groups in total. The predicted molar refractivity (Wildman–Crippen MR) is 98.5 cm³/mol. The van der Waals surface area contributed by atoms with E-state index < -0.39 is 0 Å². The predicted octanol–water partition coefficient (Wildman–Crippen LogP) is 3.94. The van der Waals surface area contributed by atoms with Gasteiger partial charge in [-0.1, -0.05) is 24.3 Å². The Morgan fingerprint density at radius 3 is 2.65 bits per heavy atom. The lowest BCUT2D eigenvalue weighted by molar-refractivity contribution is 0.0996. The van der Waals surface area contributed by atoms with Gasteiger partial charge in [0.05, 0.1) is 25.4 Å². The number of amides is 1. The zero-order valence-electron chi connectivity index (χ0n) is 14.2. The van der Waals surface area contributed by atoms with E-state index in [1.807, 2.05) is 53.2 Å². The van der Waals surface area contributed by atoms with Gasteiger partial charge < -0.3 is 14.5 Å². The fourth-order valence-corrected chi connectivity index (χ4v) is 2.82. The minimum Gasteiger partial charge on any atom is -0.497 e. The van der Waals surface area contributed by atoms with Crippen molar-refractivity contribution in [2.45, 2.75) is 6.54 Å². The third-order valence-electron chi connectivity index (χ3n) is 4.13. The highest BCUT2D eigenvalue weighted by molar-refractivity contribution is 6.06. The second-order valence-electron chi connectivity index (χ2n) is 5.80. The first-order valence-electron chi connectivity index (χ1n) is 8.18. The van der Waals surface area contributed by atoms with Gasteiger partial charge in [-0.25, -0.2) is 0 Å². The van der Waals surface area contributed by atoms with Gasteiger partial charge in [-0.15, -0.1) is 0 Å². The van der Waals surface area contributed by atoms with Gasteiger partial charge in [-0.05, 0) is 42.0 Å². The van der Waals surface area contributed by atoms with Crippen molar-refractivity contribution >= 4 is 22.6 Å². The number of carbonyl (C=O) groups is 1. The number of ether oxygens (including phenoxy) is 1. The lowest BCUT2D eigenvalue weighted by Gasteiger charge is -2.05. The Hall–Kier alpha value is -3.54. The highest BCUT2D eigenvalue weighted by atomic mass is 16.5.